The summed E-state index contributed by atoms with van der Waals surface area (Å²) in [5.74, 6) is -5.65. The average molecular weight is 371 g/mol. The number of nitrogens with two attached hydrogens (primary N) is 1. The summed E-state index contributed by atoms with van der Waals surface area (Å²) in [5.41, 5.74) is 4.54. The summed E-state index contributed by atoms with van der Waals surface area (Å²) < 4.78 is 46.7. The molecule has 0 radical (unpaired) electrons. The van der Waals surface area contributed by atoms with Gasteiger partial charge in [-0.15, -0.1) is 5.10 Å². The van der Waals surface area contributed by atoms with Gasteiger partial charge < -0.3 is 15.6 Å². The summed E-state index contributed by atoms with van der Waals surface area (Å²) in [7, 11) is 0. The van der Waals surface area contributed by atoms with Crippen LogP contribution in [0.15, 0.2) is 6.20 Å². The molecule has 0 aromatic carbocycles. The predicted molar refractivity (Wildman–Crippen MR) is 87.2 cm³/mol. The average Bonchev–Trinajstić information content (AvgIpc) is 2.85. The second-order valence-corrected chi connectivity index (χ2v) is 6.15. The van der Waals surface area contributed by atoms with Crippen molar-refractivity contribution < 1.29 is 23.0 Å². The summed E-state index contributed by atoms with van der Waals surface area (Å²) in [6.45, 7) is 3.26. The molecule has 3 rings (SSSR count). The van der Waals surface area contributed by atoms with Crippen LogP contribution in [0, 0.1) is 17.1 Å². The van der Waals surface area contributed by atoms with E-state index in [-0.39, 0.29) is 23.3 Å². The maximum absolute atomic E-state index is 14.0. The van der Waals surface area contributed by atoms with E-state index < -0.39 is 23.2 Å². The van der Waals surface area contributed by atoms with E-state index in [0.29, 0.717) is 13.5 Å². The minimum absolute atomic E-state index is 0.156. The number of alkyl halides is 2. The Kier molecular flexibility index (Phi) is 6.05. The molecule has 26 heavy (non-hydrogen) atoms. The molecule has 7 nitrogen and oxygen atoms in total. The summed E-state index contributed by atoms with van der Waals surface area (Å²) in [4.78, 5) is 3.59. The maximum Gasteiger partial charge on any atom is 0.253 e. The van der Waals surface area contributed by atoms with E-state index in [4.69, 9.17) is 20.8 Å². The number of aliphatic hydroxyl groups is 1. The number of fused-ring (bicyclic) bond motifs is 1. The summed E-state index contributed by atoms with van der Waals surface area (Å²) in [5, 5.41) is 21.4. The zero-order valence-corrected chi connectivity index (χ0v) is 14.4. The van der Waals surface area contributed by atoms with Crippen molar-refractivity contribution in [3.8, 4) is 6.07 Å². The number of hydrogen-bond donors (Lipinski definition) is 2. The summed E-state index contributed by atoms with van der Waals surface area (Å²) in [6, 6.07) is 1.59. The first-order valence-corrected chi connectivity index (χ1v) is 8.03. The van der Waals surface area contributed by atoms with Crippen molar-refractivity contribution in [2.45, 2.75) is 44.6 Å². The molecule has 0 saturated carbocycles. The number of nitriles is 1. The van der Waals surface area contributed by atoms with Gasteiger partial charge in [-0.05, 0) is 12.8 Å². The van der Waals surface area contributed by atoms with E-state index in [1.165, 1.54) is 6.92 Å². The molecule has 1 fully saturated rings. The van der Waals surface area contributed by atoms with Gasteiger partial charge in [0.1, 0.15) is 17.1 Å². The molecular formula is C16H20F3N5O2. The quantitative estimate of drug-likeness (QED) is 0.838. The highest BCUT2D eigenvalue weighted by atomic mass is 19.3. The van der Waals surface area contributed by atoms with Gasteiger partial charge in [0.05, 0.1) is 30.5 Å². The summed E-state index contributed by atoms with van der Waals surface area (Å²) >= 11 is 0. The number of rotatable bonds is 2. The smallest absolute Gasteiger partial charge is 0.253 e. The molecule has 2 aromatic rings. The van der Waals surface area contributed by atoms with Gasteiger partial charge in [-0.1, -0.05) is 6.92 Å². The Morgan fingerprint density at radius 3 is 2.69 bits per heavy atom. The van der Waals surface area contributed by atoms with Crippen LogP contribution in [0.2, 0.25) is 0 Å². The highest BCUT2D eigenvalue weighted by molar-refractivity contribution is 5.58. The molecule has 2 atom stereocenters. The first-order chi connectivity index (χ1) is 12.2. The molecule has 2 aromatic heterocycles. The molecular weight excluding hydrogens is 351 g/mol. The molecule has 10 heteroatoms. The standard InChI is InChI=1S/C11H10F3N5.C5H10O2/c1-5(11(2,13)14)9-6(3-15)8(12)7-4-17-10(16)18-19(7)9;6-5-2-1-3-7-4-5/h4-5H,1-2H3,(H2,16,18);5-6H,1-4H2. The van der Waals surface area contributed by atoms with Crippen LogP contribution in [-0.4, -0.2) is 44.9 Å². The van der Waals surface area contributed by atoms with Crippen molar-refractivity contribution in [3.63, 3.8) is 0 Å². The van der Waals surface area contributed by atoms with Crippen LogP contribution >= 0.6 is 0 Å². The molecule has 3 N–H and O–H groups in total. The molecule has 142 valence electrons. The van der Waals surface area contributed by atoms with Crippen molar-refractivity contribution in [2.24, 2.45) is 0 Å². The van der Waals surface area contributed by atoms with E-state index in [1.807, 2.05) is 0 Å². The number of nitrogens with zero attached hydrogens (tertiary/aromatic N) is 4. The fourth-order valence-electron chi connectivity index (χ4n) is 2.51. The molecule has 3 heterocycles. The van der Waals surface area contributed by atoms with E-state index in [1.54, 1.807) is 6.07 Å². The predicted octanol–water partition coefficient (Wildman–Crippen LogP) is 2.24. The van der Waals surface area contributed by atoms with Crippen LogP contribution in [0.3, 0.4) is 0 Å². The second kappa shape index (κ2) is 7.88. The van der Waals surface area contributed by atoms with E-state index in [9.17, 15) is 13.2 Å². The van der Waals surface area contributed by atoms with Crippen LogP contribution in [0.4, 0.5) is 19.1 Å². The van der Waals surface area contributed by atoms with Crippen molar-refractivity contribution >= 4 is 11.5 Å². The number of ether oxygens (including phenoxy) is 1. The lowest BCUT2D eigenvalue weighted by molar-refractivity contribution is -0.00536. The number of aromatic nitrogens is 3. The zero-order valence-electron chi connectivity index (χ0n) is 14.4. The van der Waals surface area contributed by atoms with Crippen molar-refractivity contribution in [1.29, 1.82) is 5.26 Å². The highest BCUT2D eigenvalue weighted by Gasteiger charge is 2.37. The van der Waals surface area contributed by atoms with Gasteiger partial charge in [0, 0.05) is 13.5 Å². The number of halogens is 3. The van der Waals surface area contributed by atoms with Gasteiger partial charge in [-0.3, -0.25) is 0 Å². The zero-order chi connectivity index (χ0) is 19.5. The molecule has 0 aliphatic carbocycles. The third-order valence-corrected chi connectivity index (χ3v) is 4.10. The topological polar surface area (TPSA) is 109 Å². The van der Waals surface area contributed by atoms with Gasteiger partial charge in [0.2, 0.25) is 5.95 Å². The number of anilines is 1. The second-order valence-electron chi connectivity index (χ2n) is 6.15. The van der Waals surface area contributed by atoms with Gasteiger partial charge >= 0.3 is 0 Å². The third-order valence-electron chi connectivity index (χ3n) is 4.10. The minimum Gasteiger partial charge on any atom is -0.391 e. The lowest BCUT2D eigenvalue weighted by Gasteiger charge is -2.19. The third kappa shape index (κ3) is 4.23. The minimum atomic E-state index is -3.13. The Labute approximate surface area is 148 Å². The molecule has 1 aliphatic heterocycles. The fraction of sp³-hybridized carbons (Fsp3) is 0.562. The first-order valence-electron chi connectivity index (χ1n) is 8.03. The number of hydrogen-bond acceptors (Lipinski definition) is 6. The summed E-state index contributed by atoms with van der Waals surface area (Å²) in [6.07, 6.45) is 2.80. The fourth-order valence-corrected chi connectivity index (χ4v) is 2.51. The molecule has 0 amide bonds. The first kappa shape index (κ1) is 19.9. The molecule has 1 aliphatic rings. The van der Waals surface area contributed by atoms with Crippen LogP contribution < -0.4 is 5.73 Å². The van der Waals surface area contributed by atoms with Gasteiger partial charge in [0.25, 0.3) is 5.92 Å². The lowest BCUT2D eigenvalue weighted by Crippen LogP contribution is -2.22. The molecule has 0 bridgehead atoms. The van der Waals surface area contributed by atoms with E-state index in [0.717, 1.165) is 30.2 Å². The molecule has 2 unspecified atom stereocenters. The van der Waals surface area contributed by atoms with E-state index in [2.05, 4.69) is 10.1 Å². The largest absolute Gasteiger partial charge is 0.391 e. The normalized spacial score (nSPS) is 18.7. The SMILES string of the molecule is CC(c1c(C#N)c(F)c2cnc(N)nn12)C(C)(F)F.OC1CCCOC1. The Hall–Kier alpha value is -2.38. The van der Waals surface area contributed by atoms with Gasteiger partial charge in [0.15, 0.2) is 5.82 Å². The Morgan fingerprint density at radius 1 is 1.54 bits per heavy atom. The monoisotopic (exact) mass is 371 g/mol. The van der Waals surface area contributed by atoms with Crippen LogP contribution in [0.1, 0.15) is 43.9 Å². The number of nitrogen functional groups attached to an aromatic ring is 1. The highest BCUT2D eigenvalue weighted by Crippen LogP contribution is 2.36. The molecule has 0 spiro atoms. The van der Waals surface area contributed by atoms with E-state index >= 15 is 0 Å². The Bertz CT molecular complexity index is 807. The van der Waals surface area contributed by atoms with Crippen molar-refractivity contribution in [1.82, 2.24) is 14.6 Å². The number of aliphatic hydroxyl groups excluding tert-OH is 1. The van der Waals surface area contributed by atoms with Gasteiger partial charge in [-0.2, -0.15) is 5.26 Å². The lowest BCUT2D eigenvalue weighted by atomic mass is 9.98. The van der Waals surface area contributed by atoms with Crippen molar-refractivity contribution in [2.75, 3.05) is 18.9 Å². The Balaban J connectivity index is 0.000000290. The van der Waals surface area contributed by atoms with Crippen LogP contribution in [-0.2, 0) is 4.74 Å². The maximum atomic E-state index is 14.0. The molecule has 1 saturated heterocycles. The van der Waals surface area contributed by atoms with Crippen LogP contribution in [0.25, 0.3) is 5.52 Å². The van der Waals surface area contributed by atoms with Crippen molar-refractivity contribution in [3.05, 3.63) is 23.3 Å². The van der Waals surface area contributed by atoms with Gasteiger partial charge in [-0.25, -0.2) is 22.7 Å². The van der Waals surface area contributed by atoms with Crippen LogP contribution in [0.5, 0.6) is 0 Å². The Morgan fingerprint density at radius 2 is 2.23 bits per heavy atom.